The topological polar surface area (TPSA) is 50.4 Å². The number of carbonyl (C=O) groups excluding carboxylic acids is 1. The number of rotatable bonds is 5. The van der Waals surface area contributed by atoms with Crippen molar-refractivity contribution in [2.75, 3.05) is 26.2 Å². The van der Waals surface area contributed by atoms with Crippen molar-refractivity contribution < 1.29 is 22.7 Å². The number of nitrogens with one attached hydrogen (secondary N) is 2. The van der Waals surface area contributed by atoms with Crippen molar-refractivity contribution in [1.82, 2.24) is 10.6 Å². The summed E-state index contributed by atoms with van der Waals surface area (Å²) in [4.78, 5) is 11.3. The predicted molar refractivity (Wildman–Crippen MR) is 81.9 cm³/mol. The first-order chi connectivity index (χ1) is 10.7. The van der Waals surface area contributed by atoms with Crippen molar-refractivity contribution in [2.45, 2.75) is 6.18 Å². The maximum Gasteiger partial charge on any atom is 0.405 e. The summed E-state index contributed by atoms with van der Waals surface area (Å²) in [6.45, 7) is -1.01. The largest absolute Gasteiger partial charge is 0.487 e. The second kappa shape index (κ2) is 7.42. The molecule has 0 aliphatic carbocycles. The lowest BCUT2D eigenvalue weighted by Crippen LogP contribution is -2.39. The van der Waals surface area contributed by atoms with Gasteiger partial charge in [0.1, 0.15) is 18.9 Å². The summed E-state index contributed by atoms with van der Waals surface area (Å²) >= 11 is 11.9. The summed E-state index contributed by atoms with van der Waals surface area (Å²) in [5.74, 6) is -0.200. The molecule has 0 spiro atoms. The van der Waals surface area contributed by atoms with E-state index in [2.05, 4.69) is 5.32 Å². The van der Waals surface area contributed by atoms with Crippen LogP contribution in [0.2, 0.25) is 10.0 Å². The first-order valence-corrected chi connectivity index (χ1v) is 7.35. The Balaban J connectivity index is 1.85. The summed E-state index contributed by atoms with van der Waals surface area (Å²) in [6.07, 6.45) is -2.60. The Hall–Kier alpha value is -1.44. The van der Waals surface area contributed by atoms with E-state index in [9.17, 15) is 18.0 Å². The molecule has 126 valence electrons. The molecular weight excluding hydrogens is 356 g/mol. The second-order valence-corrected chi connectivity index (χ2v) is 5.74. The number of amides is 1. The Kier molecular flexibility index (Phi) is 5.78. The first kappa shape index (κ1) is 17.9. The number of halogens is 5. The zero-order valence-corrected chi connectivity index (χ0v) is 13.3. The van der Waals surface area contributed by atoms with Crippen molar-refractivity contribution in [3.8, 4) is 5.75 Å². The summed E-state index contributed by atoms with van der Waals surface area (Å²) in [6, 6.07) is 3.27. The van der Waals surface area contributed by atoms with Crippen LogP contribution < -0.4 is 15.4 Å². The van der Waals surface area contributed by atoms with Gasteiger partial charge < -0.3 is 15.4 Å². The zero-order valence-electron chi connectivity index (χ0n) is 11.8. The van der Waals surface area contributed by atoms with E-state index in [1.54, 1.807) is 17.4 Å². The van der Waals surface area contributed by atoms with Crippen LogP contribution in [0.1, 0.15) is 5.56 Å². The van der Waals surface area contributed by atoms with Crippen molar-refractivity contribution in [2.24, 2.45) is 0 Å². The quantitative estimate of drug-likeness (QED) is 0.839. The molecule has 0 unspecified atom stereocenters. The second-order valence-electron chi connectivity index (χ2n) is 4.89. The molecule has 4 nitrogen and oxygen atoms in total. The highest BCUT2D eigenvalue weighted by atomic mass is 35.5. The molecule has 1 aromatic carbocycles. The normalized spacial score (nSPS) is 13.9. The van der Waals surface area contributed by atoms with Crippen LogP contribution >= 0.6 is 23.2 Å². The fourth-order valence-corrected chi connectivity index (χ4v) is 2.53. The minimum atomic E-state index is -4.42. The summed E-state index contributed by atoms with van der Waals surface area (Å²) in [7, 11) is 0. The summed E-state index contributed by atoms with van der Waals surface area (Å²) < 4.78 is 41.4. The van der Waals surface area contributed by atoms with Gasteiger partial charge in [-0.1, -0.05) is 23.2 Å². The van der Waals surface area contributed by atoms with E-state index in [1.165, 1.54) is 0 Å². The van der Waals surface area contributed by atoms with E-state index in [4.69, 9.17) is 27.9 Å². The molecule has 9 heteroatoms. The molecule has 1 aromatic rings. The van der Waals surface area contributed by atoms with E-state index in [0.29, 0.717) is 27.9 Å². The van der Waals surface area contributed by atoms with Crippen LogP contribution in [0.5, 0.6) is 5.75 Å². The van der Waals surface area contributed by atoms with Gasteiger partial charge in [0.15, 0.2) is 0 Å². The Morgan fingerprint density at radius 2 is 2.04 bits per heavy atom. The standard InChI is InChI=1S/C14H13Cl2F3N2O2/c15-10-2-9-1-8(6-23-13(9)11(16)3-10)4-20-5-12(22)21-7-14(17,18)19/h1-3,20H,4-7H2,(H,21,22). The van der Waals surface area contributed by atoms with Gasteiger partial charge in [0.2, 0.25) is 5.91 Å². The Bertz CT molecular complexity index is 633. The van der Waals surface area contributed by atoms with Crippen LogP contribution in [0, 0.1) is 0 Å². The lowest BCUT2D eigenvalue weighted by molar-refractivity contribution is -0.137. The number of hydrogen-bond donors (Lipinski definition) is 2. The zero-order chi connectivity index (χ0) is 17.0. The van der Waals surface area contributed by atoms with Gasteiger partial charge in [0.25, 0.3) is 0 Å². The molecule has 0 fully saturated rings. The summed E-state index contributed by atoms with van der Waals surface area (Å²) in [5.41, 5.74) is 1.53. The molecule has 2 rings (SSSR count). The molecule has 1 aliphatic heterocycles. The maximum atomic E-state index is 12.0. The van der Waals surface area contributed by atoms with E-state index in [0.717, 1.165) is 5.57 Å². The summed E-state index contributed by atoms with van der Waals surface area (Å²) in [5, 5.41) is 5.41. The van der Waals surface area contributed by atoms with Gasteiger partial charge in [-0.15, -0.1) is 0 Å². The third kappa shape index (κ3) is 5.60. The molecule has 0 saturated carbocycles. The number of alkyl halides is 3. The Morgan fingerprint density at radius 3 is 2.74 bits per heavy atom. The first-order valence-electron chi connectivity index (χ1n) is 6.60. The third-order valence-electron chi connectivity index (χ3n) is 2.92. The van der Waals surface area contributed by atoms with Crippen LogP contribution in [0.25, 0.3) is 6.08 Å². The number of benzene rings is 1. The molecule has 0 saturated heterocycles. The third-order valence-corrected chi connectivity index (χ3v) is 3.42. The average molecular weight is 369 g/mol. The van der Waals surface area contributed by atoms with Gasteiger partial charge in [-0.3, -0.25) is 4.79 Å². The number of carbonyl (C=O) groups is 1. The van der Waals surface area contributed by atoms with Crippen molar-refractivity contribution in [3.63, 3.8) is 0 Å². The van der Waals surface area contributed by atoms with Gasteiger partial charge in [0, 0.05) is 17.1 Å². The molecule has 0 bridgehead atoms. The van der Waals surface area contributed by atoms with Gasteiger partial charge in [-0.2, -0.15) is 13.2 Å². The van der Waals surface area contributed by atoms with Crippen LogP contribution in [-0.4, -0.2) is 38.3 Å². The molecule has 0 atom stereocenters. The van der Waals surface area contributed by atoms with E-state index in [1.807, 2.05) is 6.08 Å². The van der Waals surface area contributed by atoms with Gasteiger partial charge in [0.05, 0.1) is 11.6 Å². The number of hydrogen-bond acceptors (Lipinski definition) is 3. The van der Waals surface area contributed by atoms with Crippen LogP contribution in [0.15, 0.2) is 17.7 Å². The minimum Gasteiger partial charge on any atom is -0.487 e. The molecule has 1 heterocycles. The SMILES string of the molecule is O=C(CNCC1=Cc2cc(Cl)cc(Cl)c2OC1)NCC(F)(F)F. The van der Waals surface area contributed by atoms with Crippen molar-refractivity contribution >= 4 is 35.2 Å². The highest BCUT2D eigenvalue weighted by molar-refractivity contribution is 6.36. The monoisotopic (exact) mass is 368 g/mol. The number of fused-ring (bicyclic) bond motifs is 1. The van der Waals surface area contributed by atoms with Gasteiger partial charge in [-0.05, 0) is 23.8 Å². The van der Waals surface area contributed by atoms with Crippen molar-refractivity contribution in [1.29, 1.82) is 0 Å². The minimum absolute atomic E-state index is 0.226. The average Bonchev–Trinajstić information content (AvgIpc) is 2.44. The lowest BCUT2D eigenvalue weighted by Gasteiger charge is -2.19. The molecule has 1 aliphatic rings. The molecule has 2 N–H and O–H groups in total. The molecule has 1 amide bonds. The molecule has 0 aromatic heterocycles. The predicted octanol–water partition coefficient (Wildman–Crippen LogP) is 3.04. The van der Waals surface area contributed by atoms with E-state index >= 15 is 0 Å². The number of ether oxygens (including phenoxy) is 1. The van der Waals surface area contributed by atoms with E-state index < -0.39 is 18.6 Å². The van der Waals surface area contributed by atoms with Crippen molar-refractivity contribution in [3.05, 3.63) is 33.3 Å². The van der Waals surface area contributed by atoms with Crippen LogP contribution in [0.4, 0.5) is 13.2 Å². The van der Waals surface area contributed by atoms with Crippen LogP contribution in [0.3, 0.4) is 0 Å². The van der Waals surface area contributed by atoms with Crippen LogP contribution in [-0.2, 0) is 4.79 Å². The van der Waals surface area contributed by atoms with Gasteiger partial charge in [-0.25, -0.2) is 0 Å². The van der Waals surface area contributed by atoms with E-state index in [-0.39, 0.29) is 13.2 Å². The highest BCUT2D eigenvalue weighted by Crippen LogP contribution is 2.36. The fourth-order valence-electron chi connectivity index (χ4n) is 1.97. The molecular formula is C14H13Cl2F3N2O2. The van der Waals surface area contributed by atoms with Gasteiger partial charge >= 0.3 is 6.18 Å². The molecule has 23 heavy (non-hydrogen) atoms. The maximum absolute atomic E-state index is 12.0. The lowest BCUT2D eigenvalue weighted by atomic mass is 10.1. The molecule has 0 radical (unpaired) electrons. The smallest absolute Gasteiger partial charge is 0.405 e. The Labute approximate surface area is 140 Å². The highest BCUT2D eigenvalue weighted by Gasteiger charge is 2.27. The Morgan fingerprint density at radius 1 is 1.30 bits per heavy atom. The fraction of sp³-hybridized carbons (Fsp3) is 0.357.